The van der Waals surface area contributed by atoms with Crippen LogP contribution in [0.4, 0.5) is 0 Å². The van der Waals surface area contributed by atoms with Gasteiger partial charge >= 0.3 is 0 Å². The van der Waals surface area contributed by atoms with Gasteiger partial charge < -0.3 is 5.11 Å². The summed E-state index contributed by atoms with van der Waals surface area (Å²) in [5, 5.41) is 10.6. The van der Waals surface area contributed by atoms with E-state index in [0.29, 0.717) is 6.04 Å². The lowest BCUT2D eigenvalue weighted by Crippen LogP contribution is -2.38. The van der Waals surface area contributed by atoms with E-state index in [1.165, 1.54) is 43.1 Å². The SMILES string of the molecule is OCCN(Cc1ccc2ncccc2c1)C1CCCCC1. The molecule has 1 N–H and O–H groups in total. The summed E-state index contributed by atoms with van der Waals surface area (Å²) >= 11 is 0. The smallest absolute Gasteiger partial charge is 0.0702 e. The first-order chi connectivity index (χ1) is 10.4. The van der Waals surface area contributed by atoms with Crippen LogP contribution in [0.15, 0.2) is 36.5 Å². The van der Waals surface area contributed by atoms with Gasteiger partial charge in [-0.3, -0.25) is 9.88 Å². The van der Waals surface area contributed by atoms with E-state index in [1.54, 1.807) is 0 Å². The summed E-state index contributed by atoms with van der Waals surface area (Å²) in [7, 11) is 0. The van der Waals surface area contributed by atoms with E-state index in [4.69, 9.17) is 0 Å². The number of fused-ring (bicyclic) bond motifs is 1. The van der Waals surface area contributed by atoms with E-state index in [2.05, 4.69) is 34.1 Å². The number of rotatable bonds is 5. The van der Waals surface area contributed by atoms with E-state index in [0.717, 1.165) is 18.6 Å². The second-order valence-electron chi connectivity index (χ2n) is 6.02. The number of aromatic nitrogens is 1. The first kappa shape index (κ1) is 14.5. The van der Waals surface area contributed by atoms with Gasteiger partial charge in [-0.05, 0) is 36.6 Å². The third kappa shape index (κ3) is 3.60. The average molecular weight is 284 g/mol. The van der Waals surface area contributed by atoms with Gasteiger partial charge in [-0.1, -0.05) is 31.4 Å². The maximum absolute atomic E-state index is 9.37. The molecule has 0 amide bonds. The Hall–Kier alpha value is -1.45. The molecule has 1 fully saturated rings. The topological polar surface area (TPSA) is 36.4 Å². The van der Waals surface area contributed by atoms with Gasteiger partial charge in [0.15, 0.2) is 0 Å². The molecule has 0 bridgehead atoms. The highest BCUT2D eigenvalue weighted by atomic mass is 16.3. The Morgan fingerprint density at radius 2 is 2.00 bits per heavy atom. The molecular weight excluding hydrogens is 260 g/mol. The van der Waals surface area contributed by atoms with Crippen LogP contribution in [-0.4, -0.2) is 34.2 Å². The van der Waals surface area contributed by atoms with Crippen LogP contribution in [0.5, 0.6) is 0 Å². The van der Waals surface area contributed by atoms with Crippen LogP contribution in [0.2, 0.25) is 0 Å². The highest BCUT2D eigenvalue weighted by Crippen LogP contribution is 2.24. The molecule has 0 aliphatic heterocycles. The number of hydrogen-bond donors (Lipinski definition) is 1. The quantitative estimate of drug-likeness (QED) is 0.914. The summed E-state index contributed by atoms with van der Waals surface area (Å²) in [6.07, 6.45) is 8.40. The molecule has 1 saturated carbocycles. The Morgan fingerprint density at radius 3 is 2.81 bits per heavy atom. The number of aliphatic hydroxyl groups is 1. The fourth-order valence-corrected chi connectivity index (χ4v) is 3.42. The average Bonchev–Trinajstić information content (AvgIpc) is 2.55. The van der Waals surface area contributed by atoms with Crippen molar-refractivity contribution in [3.63, 3.8) is 0 Å². The lowest BCUT2D eigenvalue weighted by atomic mass is 9.93. The Balaban J connectivity index is 1.76. The van der Waals surface area contributed by atoms with E-state index in [1.807, 2.05) is 12.3 Å². The fourth-order valence-electron chi connectivity index (χ4n) is 3.42. The minimum atomic E-state index is 0.242. The second-order valence-corrected chi connectivity index (χ2v) is 6.02. The van der Waals surface area contributed by atoms with Crippen LogP contribution in [0.25, 0.3) is 10.9 Å². The summed E-state index contributed by atoms with van der Waals surface area (Å²) in [4.78, 5) is 6.83. The van der Waals surface area contributed by atoms with Gasteiger partial charge in [0.25, 0.3) is 0 Å². The summed E-state index contributed by atoms with van der Waals surface area (Å²) in [5.41, 5.74) is 2.36. The standard InChI is InChI=1S/C18H24N2O/c21-12-11-20(17-6-2-1-3-7-17)14-15-8-9-18-16(13-15)5-4-10-19-18/h4-5,8-10,13,17,21H,1-3,6-7,11-12,14H2. The fraction of sp³-hybridized carbons (Fsp3) is 0.500. The van der Waals surface area contributed by atoms with Crippen LogP contribution in [0.1, 0.15) is 37.7 Å². The zero-order valence-electron chi connectivity index (χ0n) is 12.5. The molecule has 3 rings (SSSR count). The monoisotopic (exact) mass is 284 g/mol. The third-order valence-corrected chi connectivity index (χ3v) is 4.53. The van der Waals surface area contributed by atoms with Gasteiger partial charge in [-0.15, -0.1) is 0 Å². The third-order valence-electron chi connectivity index (χ3n) is 4.53. The lowest BCUT2D eigenvalue weighted by Gasteiger charge is -2.34. The number of nitrogens with zero attached hydrogens (tertiary/aromatic N) is 2. The van der Waals surface area contributed by atoms with Crippen molar-refractivity contribution in [1.82, 2.24) is 9.88 Å². The molecule has 21 heavy (non-hydrogen) atoms. The molecular formula is C18H24N2O. The first-order valence-corrected chi connectivity index (χ1v) is 8.05. The Kier molecular flexibility index (Phi) is 4.84. The van der Waals surface area contributed by atoms with Crippen LogP contribution >= 0.6 is 0 Å². The Morgan fingerprint density at radius 1 is 1.14 bits per heavy atom. The normalized spacial score (nSPS) is 16.7. The molecule has 0 unspecified atom stereocenters. The molecule has 112 valence electrons. The van der Waals surface area contributed by atoms with Gasteiger partial charge in [-0.25, -0.2) is 0 Å². The number of aliphatic hydroxyl groups excluding tert-OH is 1. The van der Waals surface area contributed by atoms with E-state index in [9.17, 15) is 5.11 Å². The van der Waals surface area contributed by atoms with Gasteiger partial charge in [0.2, 0.25) is 0 Å². The van der Waals surface area contributed by atoms with Crippen molar-refractivity contribution in [1.29, 1.82) is 0 Å². The van der Waals surface area contributed by atoms with Crippen molar-refractivity contribution in [3.05, 3.63) is 42.1 Å². The number of benzene rings is 1. The van der Waals surface area contributed by atoms with Crippen LogP contribution in [0, 0.1) is 0 Å². The highest BCUT2D eigenvalue weighted by Gasteiger charge is 2.20. The van der Waals surface area contributed by atoms with Crippen molar-refractivity contribution in [2.24, 2.45) is 0 Å². The molecule has 1 aliphatic rings. The van der Waals surface area contributed by atoms with Crippen LogP contribution < -0.4 is 0 Å². The maximum atomic E-state index is 9.37. The van der Waals surface area contributed by atoms with Gasteiger partial charge in [0, 0.05) is 30.7 Å². The molecule has 3 nitrogen and oxygen atoms in total. The minimum Gasteiger partial charge on any atom is -0.395 e. The number of pyridine rings is 1. The second kappa shape index (κ2) is 7.01. The summed E-state index contributed by atoms with van der Waals surface area (Å²) in [5.74, 6) is 0. The zero-order chi connectivity index (χ0) is 14.5. The molecule has 1 aromatic heterocycles. The molecule has 0 radical (unpaired) electrons. The molecule has 1 aromatic carbocycles. The summed E-state index contributed by atoms with van der Waals surface area (Å²) < 4.78 is 0. The zero-order valence-corrected chi connectivity index (χ0v) is 12.5. The molecule has 0 spiro atoms. The Bertz CT molecular complexity index is 578. The number of hydrogen-bond acceptors (Lipinski definition) is 3. The lowest BCUT2D eigenvalue weighted by molar-refractivity contribution is 0.117. The first-order valence-electron chi connectivity index (χ1n) is 8.05. The van der Waals surface area contributed by atoms with Crippen molar-refractivity contribution < 1.29 is 5.11 Å². The molecule has 0 atom stereocenters. The summed E-state index contributed by atoms with van der Waals surface area (Å²) in [6.45, 7) is 1.94. The Labute approximate surface area is 126 Å². The predicted molar refractivity (Wildman–Crippen MR) is 86.1 cm³/mol. The van der Waals surface area contributed by atoms with Crippen molar-refractivity contribution in [2.45, 2.75) is 44.7 Å². The maximum Gasteiger partial charge on any atom is 0.0702 e. The van der Waals surface area contributed by atoms with Gasteiger partial charge in [0.05, 0.1) is 12.1 Å². The van der Waals surface area contributed by atoms with E-state index in [-0.39, 0.29) is 6.61 Å². The predicted octanol–water partition coefficient (Wildman–Crippen LogP) is 3.36. The minimum absolute atomic E-state index is 0.242. The van der Waals surface area contributed by atoms with Gasteiger partial charge in [-0.2, -0.15) is 0 Å². The van der Waals surface area contributed by atoms with Crippen LogP contribution in [0.3, 0.4) is 0 Å². The highest BCUT2D eigenvalue weighted by molar-refractivity contribution is 5.78. The largest absolute Gasteiger partial charge is 0.395 e. The molecule has 1 aliphatic carbocycles. The van der Waals surface area contributed by atoms with Gasteiger partial charge in [0.1, 0.15) is 0 Å². The van der Waals surface area contributed by atoms with Crippen molar-refractivity contribution >= 4 is 10.9 Å². The molecule has 2 aromatic rings. The molecule has 0 saturated heterocycles. The van der Waals surface area contributed by atoms with Crippen LogP contribution in [-0.2, 0) is 6.54 Å². The molecule has 3 heteroatoms. The van der Waals surface area contributed by atoms with Crippen molar-refractivity contribution in [3.8, 4) is 0 Å². The van der Waals surface area contributed by atoms with E-state index >= 15 is 0 Å². The van der Waals surface area contributed by atoms with E-state index < -0.39 is 0 Å². The van der Waals surface area contributed by atoms with Crippen molar-refractivity contribution in [2.75, 3.05) is 13.2 Å². The molecule has 1 heterocycles. The summed E-state index contributed by atoms with van der Waals surface area (Å²) in [6, 6.07) is 11.2.